The molecule has 0 radical (unpaired) electrons. The average molecular weight is 502 g/mol. The maximum absolute atomic E-state index is 13.2. The van der Waals surface area contributed by atoms with E-state index in [-0.39, 0.29) is 17.9 Å². The topological polar surface area (TPSA) is 89.4 Å². The van der Waals surface area contributed by atoms with Gasteiger partial charge in [0.05, 0.1) is 23.1 Å². The van der Waals surface area contributed by atoms with Crippen molar-refractivity contribution in [1.82, 2.24) is 19.7 Å². The van der Waals surface area contributed by atoms with Crippen molar-refractivity contribution in [3.05, 3.63) is 57.8 Å². The molecule has 1 fully saturated rings. The molecule has 0 aliphatic carbocycles. The number of piperidine rings is 1. The molecule has 10 heteroatoms. The number of hydrogen-bond donors (Lipinski definition) is 1. The number of benzene rings is 1. The second kappa shape index (κ2) is 9.76. The maximum atomic E-state index is 13.2. The Morgan fingerprint density at radius 3 is 2.62 bits per heavy atom. The normalized spacial score (nSPS) is 14.8. The van der Waals surface area contributed by atoms with Crippen LogP contribution in [0.25, 0.3) is 5.69 Å². The highest BCUT2D eigenvalue weighted by Crippen LogP contribution is 2.34. The van der Waals surface area contributed by atoms with Gasteiger partial charge in [0.25, 0.3) is 5.91 Å². The van der Waals surface area contributed by atoms with Crippen LogP contribution in [0.5, 0.6) is 0 Å². The number of nitrogens with zero attached hydrogens (tertiary/aromatic N) is 4. The Bertz CT molecular complexity index is 1180. The van der Waals surface area contributed by atoms with Gasteiger partial charge in [-0.2, -0.15) is 5.10 Å². The van der Waals surface area contributed by atoms with Crippen molar-refractivity contribution in [2.75, 3.05) is 18.4 Å². The van der Waals surface area contributed by atoms with Gasteiger partial charge in [-0.25, -0.2) is 14.5 Å². The van der Waals surface area contributed by atoms with Crippen LogP contribution in [0.3, 0.4) is 0 Å². The van der Waals surface area contributed by atoms with Crippen LogP contribution in [0, 0.1) is 6.92 Å². The van der Waals surface area contributed by atoms with Crippen molar-refractivity contribution in [2.45, 2.75) is 52.1 Å². The van der Waals surface area contributed by atoms with E-state index in [0.717, 1.165) is 16.9 Å². The molecule has 0 atom stereocenters. The zero-order valence-corrected chi connectivity index (χ0v) is 21.2. The van der Waals surface area contributed by atoms with Gasteiger partial charge in [-0.05, 0) is 58.2 Å². The number of ether oxygens (including phenoxy) is 1. The largest absolute Gasteiger partial charge is 0.444 e. The van der Waals surface area contributed by atoms with E-state index in [1.807, 2.05) is 56.0 Å². The van der Waals surface area contributed by atoms with Crippen molar-refractivity contribution in [2.24, 2.45) is 0 Å². The SMILES string of the molecule is Cc1c(Cl)cccc1-n1ncc(C(=O)Nc2nccs2)c1C1CCN(C(=O)OC(C)(C)C)CC1. The number of thiazole rings is 1. The first-order chi connectivity index (χ1) is 16.1. The number of nitrogens with one attached hydrogen (secondary N) is 1. The fourth-order valence-electron chi connectivity index (χ4n) is 4.05. The highest BCUT2D eigenvalue weighted by Gasteiger charge is 2.32. The quantitative estimate of drug-likeness (QED) is 0.498. The number of carbonyl (C=O) groups is 2. The Morgan fingerprint density at radius 1 is 1.24 bits per heavy atom. The fraction of sp³-hybridized carbons (Fsp3) is 0.417. The number of carbonyl (C=O) groups excluding carboxylic acids is 2. The highest BCUT2D eigenvalue weighted by atomic mass is 35.5. The molecule has 180 valence electrons. The Labute approximate surface area is 207 Å². The first-order valence-electron chi connectivity index (χ1n) is 11.2. The molecule has 0 saturated carbocycles. The van der Waals surface area contributed by atoms with E-state index >= 15 is 0 Å². The molecule has 2 aromatic heterocycles. The summed E-state index contributed by atoms with van der Waals surface area (Å²) in [5.74, 6) is -0.234. The van der Waals surface area contributed by atoms with Gasteiger partial charge >= 0.3 is 6.09 Å². The molecule has 4 rings (SSSR count). The lowest BCUT2D eigenvalue weighted by Gasteiger charge is -2.34. The van der Waals surface area contributed by atoms with Crippen LogP contribution in [-0.4, -0.2) is 50.4 Å². The molecule has 1 saturated heterocycles. The van der Waals surface area contributed by atoms with Gasteiger partial charge in [-0.1, -0.05) is 17.7 Å². The second-order valence-electron chi connectivity index (χ2n) is 9.27. The zero-order chi connectivity index (χ0) is 24.5. The third-order valence-electron chi connectivity index (χ3n) is 5.70. The van der Waals surface area contributed by atoms with E-state index in [4.69, 9.17) is 16.3 Å². The lowest BCUT2D eigenvalue weighted by molar-refractivity contribution is 0.0203. The van der Waals surface area contributed by atoms with Crippen LogP contribution < -0.4 is 5.32 Å². The van der Waals surface area contributed by atoms with Crippen LogP contribution in [0.1, 0.15) is 61.1 Å². The van der Waals surface area contributed by atoms with Gasteiger partial charge in [0, 0.05) is 35.6 Å². The third kappa shape index (κ3) is 5.26. The smallest absolute Gasteiger partial charge is 0.410 e. The van der Waals surface area contributed by atoms with Gasteiger partial charge in [0.1, 0.15) is 5.60 Å². The van der Waals surface area contributed by atoms with Crippen molar-refractivity contribution in [1.29, 1.82) is 0 Å². The summed E-state index contributed by atoms with van der Waals surface area (Å²) in [5, 5.41) is 10.4. The molecular weight excluding hydrogens is 474 g/mol. The lowest BCUT2D eigenvalue weighted by Crippen LogP contribution is -2.41. The maximum Gasteiger partial charge on any atom is 0.410 e. The monoisotopic (exact) mass is 501 g/mol. The highest BCUT2D eigenvalue weighted by molar-refractivity contribution is 7.13. The summed E-state index contributed by atoms with van der Waals surface area (Å²) in [7, 11) is 0. The number of likely N-dealkylation sites (tertiary alicyclic amines) is 1. The van der Waals surface area contributed by atoms with Crippen molar-refractivity contribution < 1.29 is 14.3 Å². The number of amides is 2. The Kier molecular flexibility index (Phi) is 6.95. The van der Waals surface area contributed by atoms with Gasteiger partial charge in [0.2, 0.25) is 0 Å². The molecule has 1 aliphatic rings. The molecule has 34 heavy (non-hydrogen) atoms. The van der Waals surface area contributed by atoms with Crippen LogP contribution >= 0.6 is 22.9 Å². The minimum absolute atomic E-state index is 0.0246. The van der Waals surface area contributed by atoms with E-state index in [1.165, 1.54) is 11.3 Å². The summed E-state index contributed by atoms with van der Waals surface area (Å²) in [6.45, 7) is 8.58. The number of halogens is 1. The van der Waals surface area contributed by atoms with Crippen LogP contribution in [0.4, 0.5) is 9.93 Å². The average Bonchev–Trinajstić information content (AvgIpc) is 3.44. The summed E-state index contributed by atoms with van der Waals surface area (Å²) in [6, 6.07) is 5.64. The first-order valence-corrected chi connectivity index (χ1v) is 12.4. The Morgan fingerprint density at radius 2 is 1.97 bits per heavy atom. The van der Waals surface area contributed by atoms with E-state index in [9.17, 15) is 9.59 Å². The van der Waals surface area contributed by atoms with Gasteiger partial charge in [0.15, 0.2) is 5.13 Å². The first kappa shape index (κ1) is 24.2. The standard InChI is InChI=1S/C24H28ClN5O3S/c1-15-18(25)6-5-7-19(15)30-20(17(14-27-30)21(31)28-22-26-10-13-34-22)16-8-11-29(12-9-16)23(32)33-24(2,3)4/h5-7,10,13-14,16H,8-9,11-12H2,1-4H3,(H,26,28,31). The minimum Gasteiger partial charge on any atom is -0.444 e. The number of rotatable bonds is 4. The third-order valence-corrected chi connectivity index (χ3v) is 6.80. The van der Waals surface area contributed by atoms with Crippen LogP contribution in [-0.2, 0) is 4.74 Å². The van der Waals surface area contributed by atoms with Crippen molar-refractivity contribution >= 4 is 40.1 Å². The van der Waals surface area contributed by atoms with Crippen LogP contribution in [0.15, 0.2) is 36.0 Å². The molecule has 8 nitrogen and oxygen atoms in total. The molecule has 1 aliphatic heterocycles. The molecule has 0 spiro atoms. The van der Waals surface area contributed by atoms with Crippen molar-refractivity contribution in [3.63, 3.8) is 0 Å². The molecular formula is C24H28ClN5O3S. The number of aromatic nitrogens is 3. The van der Waals surface area contributed by atoms with Crippen LogP contribution in [0.2, 0.25) is 5.02 Å². The molecule has 3 heterocycles. The fourth-order valence-corrected chi connectivity index (χ4v) is 4.75. The summed E-state index contributed by atoms with van der Waals surface area (Å²) in [5.41, 5.74) is 2.46. The second-order valence-corrected chi connectivity index (χ2v) is 10.6. The predicted molar refractivity (Wildman–Crippen MR) is 133 cm³/mol. The van der Waals surface area contributed by atoms with Gasteiger partial charge < -0.3 is 9.64 Å². The summed E-state index contributed by atoms with van der Waals surface area (Å²) >= 11 is 7.74. The molecule has 2 amide bonds. The van der Waals surface area contributed by atoms with Gasteiger partial charge in [-0.3, -0.25) is 10.1 Å². The minimum atomic E-state index is -0.544. The van der Waals surface area contributed by atoms with E-state index in [0.29, 0.717) is 41.6 Å². The molecule has 1 N–H and O–H groups in total. The van der Waals surface area contributed by atoms with Gasteiger partial charge in [-0.15, -0.1) is 11.3 Å². The Balaban J connectivity index is 1.64. The molecule has 0 bridgehead atoms. The van der Waals surface area contributed by atoms with Crippen molar-refractivity contribution in [3.8, 4) is 5.69 Å². The predicted octanol–water partition coefficient (Wildman–Crippen LogP) is 5.66. The number of anilines is 1. The summed E-state index contributed by atoms with van der Waals surface area (Å²) < 4.78 is 7.34. The lowest BCUT2D eigenvalue weighted by atomic mass is 9.90. The zero-order valence-electron chi connectivity index (χ0n) is 19.7. The molecule has 1 aromatic carbocycles. The van der Waals surface area contributed by atoms with E-state index < -0.39 is 5.60 Å². The summed E-state index contributed by atoms with van der Waals surface area (Å²) in [6.07, 6.45) is 4.29. The molecule has 3 aromatic rings. The summed E-state index contributed by atoms with van der Waals surface area (Å²) in [4.78, 5) is 31.6. The van der Waals surface area contributed by atoms with E-state index in [2.05, 4.69) is 15.4 Å². The Hall–Kier alpha value is -2.91. The van der Waals surface area contributed by atoms with E-state index in [1.54, 1.807) is 17.3 Å². The molecule has 0 unspecified atom stereocenters. The number of hydrogen-bond acceptors (Lipinski definition) is 6.